The number of aliphatic carboxylic acids is 1. The maximum atomic E-state index is 12.6. The Labute approximate surface area is 141 Å². The Morgan fingerprint density at radius 3 is 2.17 bits per heavy atom. The smallest absolute Gasteiger partial charge is 0.314 e. The lowest BCUT2D eigenvalue weighted by molar-refractivity contribution is -0.140. The van der Waals surface area contributed by atoms with Crippen molar-refractivity contribution in [1.82, 2.24) is 0 Å². The number of nitrogens with two attached hydrogens (primary N) is 1. The Kier molecular flexibility index (Phi) is 8.05. The van der Waals surface area contributed by atoms with E-state index in [0.29, 0.717) is 43.2 Å². The molecule has 134 valence electrons. The summed E-state index contributed by atoms with van der Waals surface area (Å²) in [5, 5.41) is 9.36. The Balaban J connectivity index is 3.18. The summed E-state index contributed by atoms with van der Waals surface area (Å²) in [5.41, 5.74) is 5.63. The summed E-state index contributed by atoms with van der Waals surface area (Å²) in [6.07, 6.45) is 1.49. The minimum absolute atomic E-state index is 0.215. The third-order valence-electron chi connectivity index (χ3n) is 3.60. The van der Waals surface area contributed by atoms with Gasteiger partial charge in [-0.2, -0.15) is 0 Å². The topological polar surface area (TPSA) is 108 Å². The van der Waals surface area contributed by atoms with Crippen LogP contribution in [-0.4, -0.2) is 44.2 Å². The van der Waals surface area contributed by atoms with Crippen LogP contribution in [0.25, 0.3) is 0 Å². The van der Waals surface area contributed by atoms with Gasteiger partial charge >= 0.3 is 5.97 Å². The number of hydrogen-bond donors (Lipinski definition) is 2. The molecule has 0 amide bonds. The van der Waals surface area contributed by atoms with Crippen molar-refractivity contribution < 1.29 is 28.9 Å². The van der Waals surface area contributed by atoms with Gasteiger partial charge in [0.15, 0.2) is 17.3 Å². The Morgan fingerprint density at radius 2 is 1.75 bits per heavy atom. The number of methoxy groups -OCH3 is 2. The largest absolute Gasteiger partial charge is 0.493 e. The average molecular weight is 339 g/mol. The maximum Gasteiger partial charge on any atom is 0.314 e. The summed E-state index contributed by atoms with van der Waals surface area (Å²) in [6, 6.07) is 2.96. The highest BCUT2D eigenvalue weighted by Crippen LogP contribution is 2.39. The van der Waals surface area contributed by atoms with Crippen LogP contribution in [0.3, 0.4) is 0 Å². The van der Waals surface area contributed by atoms with E-state index in [9.17, 15) is 14.7 Å². The molecule has 0 aromatic heterocycles. The molecule has 1 aromatic carbocycles. The predicted octanol–water partition coefficient (Wildman–Crippen LogP) is 2.11. The van der Waals surface area contributed by atoms with Gasteiger partial charge in [-0.3, -0.25) is 9.59 Å². The zero-order chi connectivity index (χ0) is 18.1. The molecule has 24 heavy (non-hydrogen) atoms. The molecule has 0 saturated heterocycles. The van der Waals surface area contributed by atoms with Crippen LogP contribution < -0.4 is 19.9 Å². The van der Waals surface area contributed by atoms with Crippen LogP contribution in [-0.2, 0) is 4.79 Å². The van der Waals surface area contributed by atoms with Crippen molar-refractivity contribution in [1.29, 1.82) is 0 Å². The fourth-order valence-corrected chi connectivity index (χ4v) is 2.37. The van der Waals surface area contributed by atoms with Gasteiger partial charge in [0.2, 0.25) is 5.75 Å². The van der Waals surface area contributed by atoms with Gasteiger partial charge in [-0.25, -0.2) is 0 Å². The normalized spacial score (nSPS) is 11.7. The molecule has 7 nitrogen and oxygen atoms in total. The van der Waals surface area contributed by atoms with E-state index in [4.69, 9.17) is 19.9 Å². The van der Waals surface area contributed by atoms with E-state index in [2.05, 4.69) is 0 Å². The van der Waals surface area contributed by atoms with E-state index < -0.39 is 17.7 Å². The van der Waals surface area contributed by atoms with E-state index in [1.807, 2.05) is 6.92 Å². The second-order valence-electron chi connectivity index (χ2n) is 5.18. The molecule has 0 saturated carbocycles. The third-order valence-corrected chi connectivity index (χ3v) is 3.60. The molecule has 0 radical (unpaired) electrons. The molecule has 0 fully saturated rings. The summed E-state index contributed by atoms with van der Waals surface area (Å²) in [7, 11) is 2.89. The Bertz CT molecular complexity index is 547. The van der Waals surface area contributed by atoms with Crippen molar-refractivity contribution in [2.75, 3.05) is 27.4 Å². The van der Waals surface area contributed by atoms with Crippen molar-refractivity contribution in [3.8, 4) is 17.2 Å². The van der Waals surface area contributed by atoms with Gasteiger partial charge in [0, 0.05) is 5.56 Å². The molecule has 3 N–H and O–H groups in total. The Morgan fingerprint density at radius 1 is 1.17 bits per heavy atom. The zero-order valence-corrected chi connectivity index (χ0v) is 14.3. The second kappa shape index (κ2) is 9.77. The highest BCUT2D eigenvalue weighted by molar-refractivity contribution is 6.08. The number of carbonyl (C=O) groups excluding carboxylic acids is 1. The van der Waals surface area contributed by atoms with E-state index in [0.717, 1.165) is 0 Å². The van der Waals surface area contributed by atoms with Crippen molar-refractivity contribution in [2.45, 2.75) is 26.2 Å². The monoisotopic (exact) mass is 339 g/mol. The van der Waals surface area contributed by atoms with E-state index in [-0.39, 0.29) is 12.0 Å². The molecule has 1 rings (SSSR count). The molecule has 1 atom stereocenters. The van der Waals surface area contributed by atoms with Crippen molar-refractivity contribution in [3.05, 3.63) is 17.7 Å². The molecule has 0 spiro atoms. The summed E-state index contributed by atoms with van der Waals surface area (Å²) in [4.78, 5) is 24.1. The first kappa shape index (κ1) is 19.8. The van der Waals surface area contributed by atoms with Gasteiger partial charge in [-0.15, -0.1) is 0 Å². The van der Waals surface area contributed by atoms with Gasteiger partial charge in [0.05, 0.1) is 20.8 Å². The minimum atomic E-state index is -1.15. The number of Topliss-reactive ketones (excluding diaryl/α,β-unsaturated/α-hetero) is 1. The lowest BCUT2D eigenvalue weighted by Crippen LogP contribution is -2.24. The Hall–Kier alpha value is -2.28. The van der Waals surface area contributed by atoms with Crippen LogP contribution >= 0.6 is 0 Å². The number of carboxylic acid groups (broad SMARTS) is 1. The first-order valence-electron chi connectivity index (χ1n) is 7.86. The van der Waals surface area contributed by atoms with Gasteiger partial charge in [0.1, 0.15) is 5.92 Å². The molecular weight excluding hydrogens is 314 g/mol. The molecule has 1 unspecified atom stereocenters. The molecule has 0 aliphatic heterocycles. The number of ether oxygens (including phenoxy) is 3. The lowest BCUT2D eigenvalue weighted by atomic mass is 9.92. The average Bonchev–Trinajstić information content (AvgIpc) is 2.58. The number of rotatable bonds is 11. The SMILES string of the molecule is CCOc1c(OC)cc(C(=O)C(CCCCN)C(=O)O)cc1OC. The summed E-state index contributed by atoms with van der Waals surface area (Å²) < 4.78 is 16.0. The number of ketones is 1. The number of unbranched alkanes of at least 4 members (excludes halogenated alkanes) is 1. The van der Waals surface area contributed by atoms with Crippen LogP contribution in [0.1, 0.15) is 36.5 Å². The van der Waals surface area contributed by atoms with Crippen LogP contribution in [0.15, 0.2) is 12.1 Å². The van der Waals surface area contributed by atoms with Gasteiger partial charge in [-0.05, 0) is 38.4 Å². The number of carbonyl (C=O) groups is 2. The van der Waals surface area contributed by atoms with E-state index in [1.165, 1.54) is 26.4 Å². The highest BCUT2D eigenvalue weighted by atomic mass is 16.5. The highest BCUT2D eigenvalue weighted by Gasteiger charge is 2.28. The predicted molar refractivity (Wildman–Crippen MR) is 89.1 cm³/mol. The fraction of sp³-hybridized carbons (Fsp3) is 0.529. The molecule has 1 aromatic rings. The minimum Gasteiger partial charge on any atom is -0.493 e. The van der Waals surface area contributed by atoms with Crippen molar-refractivity contribution >= 4 is 11.8 Å². The quantitative estimate of drug-likeness (QED) is 0.361. The molecule has 0 bridgehead atoms. The maximum absolute atomic E-state index is 12.6. The third kappa shape index (κ3) is 4.86. The number of carboxylic acids is 1. The second-order valence-corrected chi connectivity index (χ2v) is 5.18. The van der Waals surface area contributed by atoms with Gasteiger partial charge < -0.3 is 25.1 Å². The van der Waals surface area contributed by atoms with Crippen LogP contribution in [0.2, 0.25) is 0 Å². The van der Waals surface area contributed by atoms with Crippen LogP contribution in [0.4, 0.5) is 0 Å². The van der Waals surface area contributed by atoms with Gasteiger partial charge in [0.25, 0.3) is 0 Å². The molecule has 0 aliphatic carbocycles. The van der Waals surface area contributed by atoms with Crippen LogP contribution in [0.5, 0.6) is 17.2 Å². The first-order chi connectivity index (χ1) is 11.5. The fourth-order valence-electron chi connectivity index (χ4n) is 2.37. The summed E-state index contributed by atoms with van der Waals surface area (Å²) in [5.74, 6) is -1.72. The lowest BCUT2D eigenvalue weighted by Gasteiger charge is -2.16. The number of benzene rings is 1. The van der Waals surface area contributed by atoms with Crippen molar-refractivity contribution in [2.24, 2.45) is 11.7 Å². The standard InChI is InChI=1S/C17H25NO6/c1-4-24-16-13(22-2)9-11(10-14(16)23-3)15(19)12(17(20)21)7-5-6-8-18/h9-10,12H,4-8,18H2,1-3H3,(H,20,21). The first-order valence-corrected chi connectivity index (χ1v) is 7.86. The number of hydrogen-bond acceptors (Lipinski definition) is 6. The van der Waals surface area contributed by atoms with Crippen molar-refractivity contribution in [3.63, 3.8) is 0 Å². The zero-order valence-electron chi connectivity index (χ0n) is 14.3. The molecule has 0 aliphatic rings. The van der Waals surface area contributed by atoms with E-state index >= 15 is 0 Å². The molecular formula is C17H25NO6. The van der Waals surface area contributed by atoms with E-state index in [1.54, 1.807) is 0 Å². The van der Waals surface area contributed by atoms with Crippen LogP contribution in [0, 0.1) is 5.92 Å². The molecule has 0 heterocycles. The van der Waals surface area contributed by atoms with Gasteiger partial charge in [-0.1, -0.05) is 6.42 Å². The molecule has 7 heteroatoms. The summed E-state index contributed by atoms with van der Waals surface area (Å²) in [6.45, 7) is 2.68. The summed E-state index contributed by atoms with van der Waals surface area (Å²) >= 11 is 0.